The lowest BCUT2D eigenvalue weighted by Gasteiger charge is -2.25. The maximum absolute atomic E-state index is 12.0. The predicted octanol–water partition coefficient (Wildman–Crippen LogP) is 4.10. The van der Waals surface area contributed by atoms with E-state index < -0.39 is 12.2 Å². The molecule has 4 heteroatoms. The van der Waals surface area contributed by atoms with Gasteiger partial charge in [-0.15, -0.1) is 0 Å². The van der Waals surface area contributed by atoms with Gasteiger partial charge in [0.05, 0.1) is 0 Å². The van der Waals surface area contributed by atoms with E-state index in [9.17, 15) is 4.79 Å². The highest BCUT2D eigenvalue weighted by Crippen LogP contribution is 2.22. The van der Waals surface area contributed by atoms with E-state index in [1.807, 2.05) is 51.1 Å². The molecule has 0 aliphatic rings. The Morgan fingerprint density at radius 3 is 2.43 bits per heavy atom. The van der Waals surface area contributed by atoms with Crippen LogP contribution in [0.3, 0.4) is 0 Å². The summed E-state index contributed by atoms with van der Waals surface area (Å²) in [6.07, 6.45) is 0.504. The minimum Gasteiger partial charge on any atom is -0.432 e. The van der Waals surface area contributed by atoms with Gasteiger partial charge in [0, 0.05) is 17.2 Å². The highest BCUT2D eigenvalue weighted by Gasteiger charge is 2.26. The molecule has 1 unspecified atom stereocenters. The van der Waals surface area contributed by atoms with E-state index in [2.05, 4.69) is 22.1 Å². The molecule has 0 aliphatic carbocycles. The Hall–Kier alpha value is -2.80. The van der Waals surface area contributed by atoms with Gasteiger partial charge in [0.25, 0.3) is 0 Å². The van der Waals surface area contributed by atoms with Crippen LogP contribution in [-0.4, -0.2) is 17.2 Å². The van der Waals surface area contributed by atoms with Crippen molar-refractivity contribution in [3.63, 3.8) is 0 Å². The molecule has 0 spiro atoms. The summed E-state index contributed by atoms with van der Waals surface area (Å²) >= 11 is 0. The first-order valence-electron chi connectivity index (χ1n) is 7.40. The molecule has 0 bridgehead atoms. The molecule has 1 amide bonds. The molecule has 0 saturated heterocycles. The zero-order valence-electron chi connectivity index (χ0n) is 13.5. The first kappa shape index (κ1) is 16.6. The third-order valence-corrected chi connectivity index (χ3v) is 3.03. The highest BCUT2D eigenvalue weighted by molar-refractivity contribution is 5.83. The molecule has 0 fully saturated rings. The fraction of sp³-hybridized carbons (Fsp3) is 0.263. The number of hydrogen-bond acceptors (Lipinski definition) is 3. The van der Waals surface area contributed by atoms with E-state index in [0.29, 0.717) is 5.82 Å². The van der Waals surface area contributed by atoms with E-state index in [0.717, 1.165) is 5.56 Å². The second-order valence-electron chi connectivity index (χ2n) is 6.13. The summed E-state index contributed by atoms with van der Waals surface area (Å²) in [5, 5.41) is 2.60. The molecule has 0 aliphatic heterocycles. The molecule has 23 heavy (non-hydrogen) atoms. The van der Waals surface area contributed by atoms with Gasteiger partial charge in [-0.05, 0) is 24.3 Å². The van der Waals surface area contributed by atoms with Crippen molar-refractivity contribution in [1.29, 1.82) is 0 Å². The van der Waals surface area contributed by atoms with Gasteiger partial charge < -0.3 is 4.74 Å². The molecular formula is C19H20N2O2. The first-order valence-corrected chi connectivity index (χ1v) is 7.40. The number of rotatable bonds is 2. The number of pyridine rings is 1. The Bertz CT molecular complexity index is 695. The topological polar surface area (TPSA) is 51.2 Å². The fourth-order valence-corrected chi connectivity index (χ4v) is 1.77. The van der Waals surface area contributed by atoms with Gasteiger partial charge in [-0.2, -0.15) is 0 Å². The lowest BCUT2D eigenvalue weighted by molar-refractivity contribution is 0.0773. The third kappa shape index (κ3) is 5.48. The SMILES string of the molecule is CC(C)(C)C(C#Cc1ccccc1)OC(=O)Nc1ccccn1. The monoisotopic (exact) mass is 308 g/mol. The van der Waals surface area contributed by atoms with Crippen LogP contribution in [0.4, 0.5) is 10.6 Å². The number of aromatic nitrogens is 1. The lowest BCUT2D eigenvalue weighted by atomic mass is 9.89. The second kappa shape index (κ2) is 7.46. The van der Waals surface area contributed by atoms with E-state index in [1.54, 1.807) is 24.4 Å². The van der Waals surface area contributed by atoms with Crippen LogP contribution < -0.4 is 5.32 Å². The first-order chi connectivity index (χ1) is 10.9. The zero-order valence-corrected chi connectivity index (χ0v) is 13.5. The van der Waals surface area contributed by atoms with Gasteiger partial charge in [-0.1, -0.05) is 56.9 Å². The molecule has 0 saturated carbocycles. The van der Waals surface area contributed by atoms with E-state index in [-0.39, 0.29) is 5.41 Å². The van der Waals surface area contributed by atoms with Gasteiger partial charge in [-0.25, -0.2) is 9.78 Å². The Morgan fingerprint density at radius 1 is 1.13 bits per heavy atom. The van der Waals surface area contributed by atoms with E-state index in [1.165, 1.54) is 0 Å². The lowest BCUT2D eigenvalue weighted by Crippen LogP contribution is -2.32. The highest BCUT2D eigenvalue weighted by atomic mass is 16.6. The van der Waals surface area contributed by atoms with Crippen LogP contribution >= 0.6 is 0 Å². The van der Waals surface area contributed by atoms with Crippen LogP contribution in [0.1, 0.15) is 26.3 Å². The number of carbonyl (C=O) groups excluding carboxylic acids is 1. The number of nitrogens with zero attached hydrogens (tertiary/aromatic N) is 1. The predicted molar refractivity (Wildman–Crippen MR) is 90.9 cm³/mol. The normalized spacial score (nSPS) is 11.8. The second-order valence-corrected chi connectivity index (χ2v) is 6.13. The molecule has 1 aromatic carbocycles. The molecule has 118 valence electrons. The molecule has 4 nitrogen and oxygen atoms in total. The minimum absolute atomic E-state index is 0.302. The third-order valence-electron chi connectivity index (χ3n) is 3.03. The molecule has 1 aromatic heterocycles. The van der Waals surface area contributed by atoms with Crippen LogP contribution in [0, 0.1) is 17.3 Å². The summed E-state index contributed by atoms with van der Waals surface area (Å²) in [4.78, 5) is 16.1. The summed E-state index contributed by atoms with van der Waals surface area (Å²) in [5.41, 5.74) is 0.582. The fourth-order valence-electron chi connectivity index (χ4n) is 1.77. The van der Waals surface area contributed by atoms with Crippen LogP contribution in [0.15, 0.2) is 54.7 Å². The van der Waals surface area contributed by atoms with Crippen molar-refractivity contribution in [2.45, 2.75) is 26.9 Å². The number of nitrogens with one attached hydrogen (secondary N) is 1. The van der Waals surface area contributed by atoms with Gasteiger partial charge in [0.2, 0.25) is 0 Å². The largest absolute Gasteiger partial charge is 0.432 e. The summed E-state index contributed by atoms with van der Waals surface area (Å²) in [6, 6.07) is 14.9. The van der Waals surface area contributed by atoms with Crippen molar-refractivity contribution in [3.05, 3.63) is 60.3 Å². The molecular weight excluding hydrogens is 288 g/mol. The number of carbonyl (C=O) groups is 1. The number of hydrogen-bond donors (Lipinski definition) is 1. The quantitative estimate of drug-likeness (QED) is 0.850. The summed E-state index contributed by atoms with van der Waals surface area (Å²) in [5.74, 6) is 6.53. The van der Waals surface area contributed by atoms with Gasteiger partial charge in [0.15, 0.2) is 6.10 Å². The molecule has 1 heterocycles. The van der Waals surface area contributed by atoms with Crippen molar-refractivity contribution in [1.82, 2.24) is 4.98 Å². The van der Waals surface area contributed by atoms with E-state index in [4.69, 9.17) is 4.74 Å². The molecule has 2 rings (SSSR count). The Morgan fingerprint density at radius 2 is 1.83 bits per heavy atom. The number of anilines is 1. The van der Waals surface area contributed by atoms with Crippen molar-refractivity contribution in [2.24, 2.45) is 5.41 Å². The van der Waals surface area contributed by atoms with Gasteiger partial charge in [0.1, 0.15) is 5.82 Å². The Kier molecular flexibility index (Phi) is 5.37. The zero-order chi connectivity index (χ0) is 16.7. The van der Waals surface area contributed by atoms with Crippen molar-refractivity contribution >= 4 is 11.9 Å². The molecule has 1 N–H and O–H groups in total. The van der Waals surface area contributed by atoms with Gasteiger partial charge in [-0.3, -0.25) is 5.32 Å². The van der Waals surface area contributed by atoms with Crippen molar-refractivity contribution in [3.8, 4) is 11.8 Å². The van der Waals surface area contributed by atoms with Crippen LogP contribution in [-0.2, 0) is 4.74 Å². The van der Waals surface area contributed by atoms with Gasteiger partial charge >= 0.3 is 6.09 Å². The standard InChI is InChI=1S/C19H20N2O2/c1-19(2,3)16(13-12-15-9-5-4-6-10-15)23-18(22)21-17-11-7-8-14-20-17/h4-11,14,16H,1-3H3,(H,20,21,22). The number of ether oxygens (including phenoxy) is 1. The van der Waals surface area contributed by atoms with Crippen LogP contribution in [0.25, 0.3) is 0 Å². The summed E-state index contributed by atoms with van der Waals surface area (Å²) in [7, 11) is 0. The van der Waals surface area contributed by atoms with Crippen LogP contribution in [0.5, 0.6) is 0 Å². The molecule has 0 radical (unpaired) electrons. The van der Waals surface area contributed by atoms with Crippen molar-refractivity contribution in [2.75, 3.05) is 5.32 Å². The number of amides is 1. The summed E-state index contributed by atoms with van der Waals surface area (Å²) in [6.45, 7) is 5.93. The number of benzene rings is 1. The maximum Gasteiger partial charge on any atom is 0.414 e. The Balaban J connectivity index is 2.08. The minimum atomic E-state index is -0.564. The maximum atomic E-state index is 12.0. The Labute approximate surface area is 136 Å². The average Bonchev–Trinajstić information content (AvgIpc) is 2.52. The average molecular weight is 308 g/mol. The van der Waals surface area contributed by atoms with E-state index >= 15 is 0 Å². The smallest absolute Gasteiger partial charge is 0.414 e. The van der Waals surface area contributed by atoms with Crippen molar-refractivity contribution < 1.29 is 9.53 Å². The molecule has 1 atom stereocenters. The molecule has 2 aromatic rings. The summed E-state index contributed by atoms with van der Waals surface area (Å²) < 4.78 is 5.48. The van der Waals surface area contributed by atoms with Crippen LogP contribution in [0.2, 0.25) is 0 Å².